The van der Waals surface area contributed by atoms with E-state index in [1.54, 1.807) is 41.3 Å². The lowest BCUT2D eigenvalue weighted by atomic mass is 10.1. The van der Waals surface area contributed by atoms with Crippen LogP contribution in [0.3, 0.4) is 0 Å². The molecule has 2 amide bonds. The van der Waals surface area contributed by atoms with Crippen LogP contribution in [0.25, 0.3) is 0 Å². The third kappa shape index (κ3) is 4.89. The Balaban J connectivity index is 1.51. The van der Waals surface area contributed by atoms with E-state index in [1.165, 1.54) is 13.2 Å². The fraction of sp³-hybridized carbons (Fsp3) is 0.316. The Labute approximate surface area is 161 Å². The van der Waals surface area contributed by atoms with Gasteiger partial charge in [-0.3, -0.25) is 14.4 Å². The van der Waals surface area contributed by atoms with Crippen LogP contribution in [-0.2, 0) is 25.7 Å². The first-order chi connectivity index (χ1) is 12.9. The van der Waals surface area contributed by atoms with E-state index in [-0.39, 0.29) is 18.9 Å². The number of benzene rings is 1. The van der Waals surface area contributed by atoms with Crippen LogP contribution < -0.4 is 5.32 Å². The number of likely N-dealkylation sites (tertiary alicyclic amines) is 1. The molecule has 0 spiro atoms. The summed E-state index contributed by atoms with van der Waals surface area (Å²) in [4.78, 5) is 38.1. The molecule has 1 fully saturated rings. The van der Waals surface area contributed by atoms with E-state index in [0.717, 1.165) is 0 Å². The number of nitrogens with zero attached hydrogens (tertiary/aromatic N) is 1. The first-order valence-corrected chi connectivity index (χ1v) is 8.87. The lowest BCUT2D eigenvalue weighted by Crippen LogP contribution is -2.33. The Morgan fingerprint density at radius 3 is 2.74 bits per heavy atom. The molecule has 0 saturated carbocycles. The van der Waals surface area contributed by atoms with Crippen molar-refractivity contribution < 1.29 is 23.5 Å². The molecule has 2 heterocycles. The van der Waals surface area contributed by atoms with Crippen molar-refractivity contribution >= 4 is 35.1 Å². The number of amides is 2. The van der Waals surface area contributed by atoms with Crippen LogP contribution in [0.5, 0.6) is 0 Å². The number of esters is 1. The van der Waals surface area contributed by atoms with Gasteiger partial charge in [0.25, 0.3) is 5.91 Å². The standard InChI is InChI=1S/C19H19ClN2O5/c1-12(18(24)21-15-6-4-14(20)5-7-15)27-19(25)13-9-17(23)22(10-13)11-16-3-2-8-26-16/h2-8,12-13H,9-11H2,1H3,(H,21,24)/t12-,13-/m0/s1. The van der Waals surface area contributed by atoms with Gasteiger partial charge in [-0.15, -0.1) is 0 Å². The summed E-state index contributed by atoms with van der Waals surface area (Å²) in [5.41, 5.74) is 0.549. The number of carbonyl (C=O) groups excluding carboxylic acids is 3. The minimum atomic E-state index is -0.984. The molecule has 1 aliphatic rings. The molecule has 3 rings (SSSR count). The fourth-order valence-electron chi connectivity index (χ4n) is 2.77. The quantitative estimate of drug-likeness (QED) is 0.766. The molecule has 1 N–H and O–H groups in total. The van der Waals surface area contributed by atoms with Gasteiger partial charge >= 0.3 is 5.97 Å². The lowest BCUT2D eigenvalue weighted by molar-refractivity contribution is -0.157. The maximum Gasteiger partial charge on any atom is 0.312 e. The van der Waals surface area contributed by atoms with Crippen LogP contribution >= 0.6 is 11.6 Å². The maximum absolute atomic E-state index is 12.3. The molecule has 142 valence electrons. The monoisotopic (exact) mass is 390 g/mol. The molecule has 8 heteroatoms. The first-order valence-electron chi connectivity index (χ1n) is 8.49. The average Bonchev–Trinajstić information content (AvgIpc) is 3.27. The molecule has 1 aromatic carbocycles. The predicted molar refractivity (Wildman–Crippen MR) is 97.9 cm³/mol. The number of nitrogens with one attached hydrogen (secondary N) is 1. The summed E-state index contributed by atoms with van der Waals surface area (Å²) in [5.74, 6) is -1.12. The highest BCUT2D eigenvalue weighted by Gasteiger charge is 2.36. The minimum absolute atomic E-state index is 0.0606. The number of hydrogen-bond donors (Lipinski definition) is 1. The molecule has 0 radical (unpaired) electrons. The Kier molecular flexibility index (Phi) is 5.81. The molecular weight excluding hydrogens is 372 g/mol. The summed E-state index contributed by atoms with van der Waals surface area (Å²) in [6.07, 6.45) is 0.607. The minimum Gasteiger partial charge on any atom is -0.467 e. The van der Waals surface area contributed by atoms with Crippen molar-refractivity contribution in [2.75, 3.05) is 11.9 Å². The van der Waals surface area contributed by atoms with E-state index >= 15 is 0 Å². The summed E-state index contributed by atoms with van der Waals surface area (Å²) in [6, 6.07) is 10.1. The Bertz CT molecular complexity index is 819. The number of halogens is 1. The Hall–Kier alpha value is -2.80. The molecule has 0 unspecified atom stereocenters. The normalized spacial score (nSPS) is 17.6. The number of ether oxygens (including phenoxy) is 1. The van der Waals surface area contributed by atoms with Crippen molar-refractivity contribution in [3.05, 3.63) is 53.4 Å². The summed E-state index contributed by atoms with van der Waals surface area (Å²) < 4.78 is 10.5. The predicted octanol–water partition coefficient (Wildman–Crippen LogP) is 2.85. The summed E-state index contributed by atoms with van der Waals surface area (Å²) >= 11 is 5.80. The third-order valence-electron chi connectivity index (χ3n) is 4.25. The molecular formula is C19H19ClN2O5. The third-order valence-corrected chi connectivity index (χ3v) is 4.50. The zero-order valence-corrected chi connectivity index (χ0v) is 15.4. The zero-order valence-electron chi connectivity index (χ0n) is 14.7. The topological polar surface area (TPSA) is 88.9 Å². The van der Waals surface area contributed by atoms with Gasteiger partial charge in [-0.2, -0.15) is 0 Å². The van der Waals surface area contributed by atoms with Gasteiger partial charge in [0.1, 0.15) is 5.76 Å². The van der Waals surface area contributed by atoms with Crippen LogP contribution in [0.2, 0.25) is 5.02 Å². The van der Waals surface area contributed by atoms with E-state index < -0.39 is 23.9 Å². The zero-order chi connectivity index (χ0) is 19.4. The van der Waals surface area contributed by atoms with Crippen molar-refractivity contribution in [2.45, 2.75) is 26.0 Å². The molecule has 0 bridgehead atoms. The summed E-state index contributed by atoms with van der Waals surface area (Å²) in [7, 11) is 0. The van der Waals surface area contributed by atoms with E-state index in [0.29, 0.717) is 23.0 Å². The second-order valence-electron chi connectivity index (χ2n) is 6.33. The van der Waals surface area contributed by atoms with Crippen LogP contribution in [0.4, 0.5) is 5.69 Å². The first kappa shape index (κ1) is 19.0. The van der Waals surface area contributed by atoms with Gasteiger partial charge in [0.05, 0.1) is 18.7 Å². The van der Waals surface area contributed by atoms with Crippen molar-refractivity contribution in [1.82, 2.24) is 4.90 Å². The smallest absolute Gasteiger partial charge is 0.312 e. The van der Waals surface area contributed by atoms with Crippen molar-refractivity contribution in [2.24, 2.45) is 5.92 Å². The van der Waals surface area contributed by atoms with Gasteiger partial charge in [-0.1, -0.05) is 11.6 Å². The van der Waals surface area contributed by atoms with Crippen LogP contribution in [0, 0.1) is 5.92 Å². The van der Waals surface area contributed by atoms with E-state index in [2.05, 4.69) is 5.32 Å². The van der Waals surface area contributed by atoms with Crippen molar-refractivity contribution in [3.63, 3.8) is 0 Å². The molecule has 27 heavy (non-hydrogen) atoms. The van der Waals surface area contributed by atoms with E-state index in [9.17, 15) is 14.4 Å². The second-order valence-corrected chi connectivity index (χ2v) is 6.77. The highest BCUT2D eigenvalue weighted by Crippen LogP contribution is 2.22. The van der Waals surface area contributed by atoms with E-state index in [1.807, 2.05) is 0 Å². The number of carbonyl (C=O) groups is 3. The van der Waals surface area contributed by atoms with Crippen molar-refractivity contribution in [1.29, 1.82) is 0 Å². The average molecular weight is 391 g/mol. The largest absolute Gasteiger partial charge is 0.467 e. The number of anilines is 1. The Morgan fingerprint density at radius 2 is 2.07 bits per heavy atom. The van der Waals surface area contributed by atoms with Crippen LogP contribution in [0.15, 0.2) is 47.1 Å². The van der Waals surface area contributed by atoms with Gasteiger partial charge < -0.3 is 19.4 Å². The molecule has 0 aliphatic carbocycles. The van der Waals surface area contributed by atoms with Crippen molar-refractivity contribution in [3.8, 4) is 0 Å². The lowest BCUT2D eigenvalue weighted by Gasteiger charge is -2.17. The fourth-order valence-corrected chi connectivity index (χ4v) is 2.90. The highest BCUT2D eigenvalue weighted by atomic mass is 35.5. The SMILES string of the molecule is C[C@H](OC(=O)[C@H]1CC(=O)N(Cc2ccco2)C1)C(=O)Nc1ccc(Cl)cc1. The van der Waals surface area contributed by atoms with Gasteiger partial charge in [0, 0.05) is 23.7 Å². The van der Waals surface area contributed by atoms with Gasteiger partial charge in [0.15, 0.2) is 6.10 Å². The van der Waals surface area contributed by atoms with Crippen LogP contribution in [0.1, 0.15) is 19.1 Å². The summed E-state index contributed by atoms with van der Waals surface area (Å²) in [6.45, 7) is 2.03. The number of hydrogen-bond acceptors (Lipinski definition) is 5. The van der Waals surface area contributed by atoms with E-state index in [4.69, 9.17) is 20.8 Å². The number of rotatable bonds is 6. The van der Waals surface area contributed by atoms with Gasteiger partial charge in [-0.05, 0) is 43.3 Å². The summed E-state index contributed by atoms with van der Waals surface area (Å²) in [5, 5.41) is 3.20. The molecule has 1 aromatic heterocycles. The van der Waals surface area contributed by atoms with Gasteiger partial charge in [-0.25, -0.2) is 0 Å². The molecule has 2 atom stereocenters. The molecule has 1 aliphatic heterocycles. The maximum atomic E-state index is 12.3. The highest BCUT2D eigenvalue weighted by molar-refractivity contribution is 6.30. The molecule has 1 saturated heterocycles. The molecule has 7 nitrogen and oxygen atoms in total. The molecule has 2 aromatic rings. The Morgan fingerprint density at radius 1 is 1.33 bits per heavy atom. The number of furan rings is 1. The van der Waals surface area contributed by atoms with Crippen LogP contribution in [-0.4, -0.2) is 35.3 Å². The second kappa shape index (κ2) is 8.26. The van der Waals surface area contributed by atoms with Gasteiger partial charge in [0.2, 0.25) is 5.91 Å².